The Morgan fingerprint density at radius 1 is 1.29 bits per heavy atom. The zero-order chi connectivity index (χ0) is 14.9. The average Bonchev–Trinajstić information content (AvgIpc) is 2.53. The molecule has 0 radical (unpaired) electrons. The molecule has 0 spiro atoms. The Morgan fingerprint density at radius 2 is 2.10 bits per heavy atom. The topological polar surface area (TPSA) is 68.3 Å². The van der Waals surface area contributed by atoms with Crippen molar-refractivity contribution in [3.05, 3.63) is 30.1 Å². The second-order valence-electron chi connectivity index (χ2n) is 5.35. The maximum Gasteiger partial charge on any atom is 0.306 e. The van der Waals surface area contributed by atoms with E-state index in [0.29, 0.717) is 24.9 Å². The highest BCUT2D eigenvalue weighted by atomic mass is 16.5. The molecule has 114 valence electrons. The first-order valence-corrected chi connectivity index (χ1v) is 7.63. The number of rotatable bonds is 6. The van der Waals surface area contributed by atoms with Crippen molar-refractivity contribution in [1.29, 1.82) is 0 Å². The van der Waals surface area contributed by atoms with Crippen LogP contribution in [0.25, 0.3) is 0 Å². The number of ether oxygens (including phenoxy) is 1. The minimum atomic E-state index is -0.163. The number of nitrogens with zero attached hydrogens (tertiary/aromatic N) is 1. The number of carbonyl (C=O) groups is 2. The zero-order valence-electron chi connectivity index (χ0n) is 12.2. The van der Waals surface area contributed by atoms with E-state index in [1.807, 2.05) is 0 Å². The van der Waals surface area contributed by atoms with Gasteiger partial charge < -0.3 is 10.1 Å². The molecule has 1 heterocycles. The molecule has 21 heavy (non-hydrogen) atoms. The lowest BCUT2D eigenvalue weighted by atomic mass is 9.98. The molecule has 1 aliphatic carbocycles. The zero-order valence-corrected chi connectivity index (χ0v) is 12.2. The second kappa shape index (κ2) is 8.39. The van der Waals surface area contributed by atoms with E-state index in [1.165, 1.54) is 12.6 Å². The summed E-state index contributed by atoms with van der Waals surface area (Å²) in [5, 5.41) is 2.77. The SMILES string of the molecule is O=C(CCCNC(=O)c1cccnc1)OC1CCCCC1. The maximum absolute atomic E-state index is 11.7. The predicted molar refractivity (Wildman–Crippen MR) is 78.8 cm³/mol. The van der Waals surface area contributed by atoms with E-state index in [4.69, 9.17) is 4.74 Å². The number of carbonyl (C=O) groups excluding carboxylic acids is 2. The average molecular weight is 290 g/mol. The van der Waals surface area contributed by atoms with E-state index in [-0.39, 0.29) is 18.0 Å². The van der Waals surface area contributed by atoms with Gasteiger partial charge in [0, 0.05) is 25.4 Å². The van der Waals surface area contributed by atoms with Crippen LogP contribution in [0.2, 0.25) is 0 Å². The van der Waals surface area contributed by atoms with E-state index < -0.39 is 0 Å². The van der Waals surface area contributed by atoms with E-state index in [2.05, 4.69) is 10.3 Å². The number of amides is 1. The lowest BCUT2D eigenvalue weighted by molar-refractivity contribution is -0.150. The highest BCUT2D eigenvalue weighted by Gasteiger charge is 2.17. The number of pyridine rings is 1. The van der Waals surface area contributed by atoms with Gasteiger partial charge in [0.2, 0.25) is 0 Å². The Hall–Kier alpha value is -1.91. The highest BCUT2D eigenvalue weighted by molar-refractivity contribution is 5.93. The second-order valence-corrected chi connectivity index (χ2v) is 5.35. The third-order valence-electron chi connectivity index (χ3n) is 3.62. The highest BCUT2D eigenvalue weighted by Crippen LogP contribution is 2.20. The van der Waals surface area contributed by atoms with Gasteiger partial charge >= 0.3 is 5.97 Å². The molecular formula is C16H22N2O3. The molecule has 1 N–H and O–H groups in total. The molecule has 1 aromatic rings. The first kappa shape index (κ1) is 15.5. The number of hydrogen-bond donors (Lipinski definition) is 1. The lowest BCUT2D eigenvalue weighted by Crippen LogP contribution is -2.26. The number of esters is 1. The molecule has 5 heteroatoms. The van der Waals surface area contributed by atoms with Crippen LogP contribution in [0.1, 0.15) is 55.3 Å². The summed E-state index contributed by atoms with van der Waals surface area (Å²) in [7, 11) is 0. The quantitative estimate of drug-likeness (QED) is 0.645. The summed E-state index contributed by atoms with van der Waals surface area (Å²) in [6, 6.07) is 3.43. The van der Waals surface area contributed by atoms with Gasteiger partial charge in [0.25, 0.3) is 5.91 Å². The van der Waals surface area contributed by atoms with Gasteiger partial charge in [-0.3, -0.25) is 14.6 Å². The van der Waals surface area contributed by atoms with Crippen LogP contribution in [0.15, 0.2) is 24.5 Å². The van der Waals surface area contributed by atoms with Crippen LogP contribution in [0, 0.1) is 0 Å². The Kier molecular flexibility index (Phi) is 6.19. The van der Waals surface area contributed by atoms with E-state index in [0.717, 1.165) is 25.7 Å². The summed E-state index contributed by atoms with van der Waals surface area (Å²) in [6.45, 7) is 0.466. The number of aromatic nitrogens is 1. The van der Waals surface area contributed by atoms with E-state index in [1.54, 1.807) is 18.3 Å². The van der Waals surface area contributed by atoms with Crippen molar-refractivity contribution in [2.24, 2.45) is 0 Å². The van der Waals surface area contributed by atoms with E-state index >= 15 is 0 Å². The minimum absolute atomic E-state index is 0.108. The van der Waals surface area contributed by atoms with Gasteiger partial charge in [-0.05, 0) is 44.2 Å². The van der Waals surface area contributed by atoms with Crippen molar-refractivity contribution in [3.63, 3.8) is 0 Å². The summed E-state index contributed by atoms with van der Waals surface area (Å²) in [5.41, 5.74) is 0.530. The summed E-state index contributed by atoms with van der Waals surface area (Å²) >= 11 is 0. The normalized spacial score (nSPS) is 15.4. The summed E-state index contributed by atoms with van der Waals surface area (Å²) < 4.78 is 5.42. The van der Waals surface area contributed by atoms with Crippen molar-refractivity contribution < 1.29 is 14.3 Å². The lowest BCUT2D eigenvalue weighted by Gasteiger charge is -2.21. The molecule has 1 saturated carbocycles. The van der Waals surface area contributed by atoms with Crippen LogP contribution in [0.3, 0.4) is 0 Å². The molecule has 1 amide bonds. The van der Waals surface area contributed by atoms with Crippen LogP contribution in [-0.4, -0.2) is 29.5 Å². The molecule has 0 aromatic carbocycles. The maximum atomic E-state index is 11.7. The van der Waals surface area contributed by atoms with Crippen molar-refractivity contribution in [2.75, 3.05) is 6.54 Å². The molecule has 0 bridgehead atoms. The molecule has 0 atom stereocenters. The van der Waals surface area contributed by atoms with Crippen LogP contribution < -0.4 is 5.32 Å². The van der Waals surface area contributed by atoms with Gasteiger partial charge in [-0.25, -0.2) is 0 Å². The largest absolute Gasteiger partial charge is 0.462 e. The molecule has 0 saturated heterocycles. The molecule has 2 rings (SSSR count). The smallest absolute Gasteiger partial charge is 0.306 e. The van der Waals surface area contributed by atoms with Gasteiger partial charge in [0.05, 0.1) is 5.56 Å². The monoisotopic (exact) mass is 290 g/mol. The fourth-order valence-electron chi connectivity index (χ4n) is 2.46. The first-order chi connectivity index (χ1) is 10.3. The third kappa shape index (κ3) is 5.53. The Morgan fingerprint density at radius 3 is 2.81 bits per heavy atom. The Bertz CT molecular complexity index is 456. The van der Waals surface area contributed by atoms with Gasteiger partial charge in [-0.2, -0.15) is 0 Å². The molecule has 5 nitrogen and oxygen atoms in total. The van der Waals surface area contributed by atoms with Crippen LogP contribution in [-0.2, 0) is 9.53 Å². The van der Waals surface area contributed by atoms with Crippen LogP contribution in [0.4, 0.5) is 0 Å². The van der Waals surface area contributed by atoms with Gasteiger partial charge in [-0.1, -0.05) is 6.42 Å². The van der Waals surface area contributed by atoms with Gasteiger partial charge in [0.15, 0.2) is 0 Å². The van der Waals surface area contributed by atoms with Crippen molar-refractivity contribution in [3.8, 4) is 0 Å². The molecule has 1 aliphatic rings. The number of hydrogen-bond acceptors (Lipinski definition) is 4. The molecule has 1 fully saturated rings. The Labute approximate surface area is 125 Å². The number of nitrogens with one attached hydrogen (secondary N) is 1. The standard InChI is InChI=1S/C16H22N2O3/c19-15(21-14-7-2-1-3-8-14)9-5-11-18-16(20)13-6-4-10-17-12-13/h4,6,10,12,14H,1-3,5,7-9,11H2,(H,18,20). The van der Waals surface area contributed by atoms with Gasteiger partial charge in [0.1, 0.15) is 6.10 Å². The van der Waals surface area contributed by atoms with Crippen LogP contribution in [0.5, 0.6) is 0 Å². The van der Waals surface area contributed by atoms with Crippen molar-refractivity contribution in [1.82, 2.24) is 10.3 Å². The molecule has 0 unspecified atom stereocenters. The summed E-state index contributed by atoms with van der Waals surface area (Å²) in [4.78, 5) is 27.3. The Balaban J connectivity index is 1.58. The van der Waals surface area contributed by atoms with E-state index in [9.17, 15) is 9.59 Å². The fraction of sp³-hybridized carbons (Fsp3) is 0.562. The van der Waals surface area contributed by atoms with Crippen molar-refractivity contribution in [2.45, 2.75) is 51.0 Å². The summed E-state index contributed by atoms with van der Waals surface area (Å²) in [6.07, 6.45) is 9.72. The first-order valence-electron chi connectivity index (χ1n) is 7.63. The molecule has 1 aromatic heterocycles. The fourth-order valence-corrected chi connectivity index (χ4v) is 2.46. The minimum Gasteiger partial charge on any atom is -0.462 e. The third-order valence-corrected chi connectivity index (χ3v) is 3.62. The van der Waals surface area contributed by atoms with Crippen molar-refractivity contribution >= 4 is 11.9 Å². The van der Waals surface area contributed by atoms with Crippen LogP contribution >= 0.6 is 0 Å². The molecule has 0 aliphatic heterocycles. The summed E-state index contributed by atoms with van der Waals surface area (Å²) in [5.74, 6) is -0.318. The molecular weight excluding hydrogens is 268 g/mol. The van der Waals surface area contributed by atoms with Gasteiger partial charge in [-0.15, -0.1) is 0 Å². The predicted octanol–water partition coefficient (Wildman–Crippen LogP) is 2.47.